The summed E-state index contributed by atoms with van der Waals surface area (Å²) in [6, 6.07) is 6.77. The van der Waals surface area contributed by atoms with Crippen molar-refractivity contribution in [1.82, 2.24) is 5.32 Å². The molecule has 0 aliphatic heterocycles. The third-order valence-electron chi connectivity index (χ3n) is 2.49. The van der Waals surface area contributed by atoms with Gasteiger partial charge in [-0.1, -0.05) is 23.2 Å². The summed E-state index contributed by atoms with van der Waals surface area (Å²) in [6.45, 7) is 0.358. The highest BCUT2D eigenvalue weighted by molar-refractivity contribution is 6.34. The van der Waals surface area contributed by atoms with Crippen molar-refractivity contribution in [1.29, 1.82) is 0 Å². The standard InChI is InChI=1S/C14H11Cl2F2NO/c1-19-7-8-2-12(17)14(13(18)3-8)20-11-5-9(15)4-10(16)6-11/h2-6,19H,7H2,1H3. The Morgan fingerprint density at radius 3 is 2.05 bits per heavy atom. The van der Waals surface area contributed by atoms with Crippen LogP contribution in [0.25, 0.3) is 0 Å². The van der Waals surface area contributed by atoms with Gasteiger partial charge in [-0.15, -0.1) is 0 Å². The van der Waals surface area contributed by atoms with Crippen LogP contribution in [0, 0.1) is 11.6 Å². The Bertz CT molecular complexity index is 591. The van der Waals surface area contributed by atoms with Gasteiger partial charge in [0.25, 0.3) is 0 Å². The van der Waals surface area contributed by atoms with Crippen molar-refractivity contribution >= 4 is 23.2 Å². The van der Waals surface area contributed by atoms with Crippen LogP contribution in [0.15, 0.2) is 30.3 Å². The number of benzene rings is 2. The number of ether oxygens (including phenoxy) is 1. The molecule has 0 amide bonds. The van der Waals surface area contributed by atoms with Crippen LogP contribution in [-0.2, 0) is 6.54 Å². The van der Waals surface area contributed by atoms with Gasteiger partial charge in [0.05, 0.1) is 0 Å². The van der Waals surface area contributed by atoms with Gasteiger partial charge in [-0.2, -0.15) is 0 Å². The Morgan fingerprint density at radius 1 is 1.00 bits per heavy atom. The van der Waals surface area contributed by atoms with E-state index in [1.54, 1.807) is 7.05 Å². The van der Waals surface area contributed by atoms with E-state index in [0.29, 0.717) is 22.2 Å². The van der Waals surface area contributed by atoms with Gasteiger partial charge in [-0.05, 0) is 42.9 Å². The summed E-state index contributed by atoms with van der Waals surface area (Å²) in [6.07, 6.45) is 0. The van der Waals surface area contributed by atoms with Crippen molar-refractivity contribution in [2.75, 3.05) is 7.05 Å². The van der Waals surface area contributed by atoms with E-state index in [1.165, 1.54) is 30.3 Å². The molecule has 0 aliphatic rings. The fraction of sp³-hybridized carbons (Fsp3) is 0.143. The minimum absolute atomic E-state index is 0.168. The highest BCUT2D eigenvalue weighted by atomic mass is 35.5. The lowest BCUT2D eigenvalue weighted by atomic mass is 10.2. The number of halogens is 4. The lowest BCUT2D eigenvalue weighted by molar-refractivity contribution is 0.406. The van der Waals surface area contributed by atoms with Crippen LogP contribution in [0.5, 0.6) is 11.5 Å². The second-order valence-electron chi connectivity index (χ2n) is 4.13. The van der Waals surface area contributed by atoms with Crippen LogP contribution in [-0.4, -0.2) is 7.05 Å². The molecule has 0 heterocycles. The molecule has 106 valence electrons. The average molecular weight is 318 g/mol. The van der Waals surface area contributed by atoms with Crippen LogP contribution in [0.2, 0.25) is 10.0 Å². The van der Waals surface area contributed by atoms with E-state index in [0.717, 1.165) is 0 Å². The number of nitrogens with one attached hydrogen (secondary N) is 1. The molecule has 2 rings (SSSR count). The minimum Gasteiger partial charge on any atom is -0.451 e. The predicted molar refractivity (Wildman–Crippen MR) is 75.7 cm³/mol. The molecule has 20 heavy (non-hydrogen) atoms. The molecule has 2 nitrogen and oxygen atoms in total. The maximum absolute atomic E-state index is 13.9. The van der Waals surface area contributed by atoms with Gasteiger partial charge >= 0.3 is 0 Å². The summed E-state index contributed by atoms with van der Waals surface area (Å²) >= 11 is 11.6. The Kier molecular flexibility index (Phi) is 4.81. The number of hydrogen-bond acceptors (Lipinski definition) is 2. The maximum Gasteiger partial charge on any atom is 0.198 e. The molecule has 2 aromatic carbocycles. The molecule has 0 atom stereocenters. The Morgan fingerprint density at radius 2 is 1.55 bits per heavy atom. The second-order valence-corrected chi connectivity index (χ2v) is 5.00. The minimum atomic E-state index is -0.786. The van der Waals surface area contributed by atoms with E-state index in [2.05, 4.69) is 5.32 Å². The van der Waals surface area contributed by atoms with Crippen molar-refractivity contribution < 1.29 is 13.5 Å². The summed E-state index contributed by atoms with van der Waals surface area (Å²) in [4.78, 5) is 0. The zero-order valence-corrected chi connectivity index (χ0v) is 12.0. The molecule has 0 fully saturated rings. The Balaban J connectivity index is 2.33. The fourth-order valence-corrected chi connectivity index (χ4v) is 2.23. The van der Waals surface area contributed by atoms with Gasteiger partial charge in [0, 0.05) is 16.6 Å². The van der Waals surface area contributed by atoms with Crippen molar-refractivity contribution in [3.8, 4) is 11.5 Å². The molecule has 0 aliphatic carbocycles. The number of rotatable bonds is 4. The molecule has 6 heteroatoms. The molecule has 0 saturated carbocycles. The zero-order chi connectivity index (χ0) is 14.7. The molecule has 0 unspecified atom stereocenters. The van der Waals surface area contributed by atoms with E-state index < -0.39 is 17.4 Å². The van der Waals surface area contributed by atoms with Crippen molar-refractivity contribution in [2.24, 2.45) is 0 Å². The monoisotopic (exact) mass is 317 g/mol. The third-order valence-corrected chi connectivity index (χ3v) is 2.93. The van der Waals surface area contributed by atoms with E-state index in [9.17, 15) is 8.78 Å². The quantitative estimate of drug-likeness (QED) is 0.876. The maximum atomic E-state index is 13.9. The molecule has 1 N–H and O–H groups in total. The summed E-state index contributed by atoms with van der Waals surface area (Å²) in [5.74, 6) is -1.89. The van der Waals surface area contributed by atoms with Gasteiger partial charge in [0.1, 0.15) is 5.75 Å². The SMILES string of the molecule is CNCc1cc(F)c(Oc2cc(Cl)cc(Cl)c2)c(F)c1. The van der Waals surface area contributed by atoms with Gasteiger partial charge in [0.15, 0.2) is 17.4 Å². The Hall–Kier alpha value is -1.36. The van der Waals surface area contributed by atoms with Crippen molar-refractivity contribution in [3.63, 3.8) is 0 Å². The second kappa shape index (κ2) is 6.39. The van der Waals surface area contributed by atoms with Gasteiger partial charge < -0.3 is 10.1 Å². The molecule has 0 saturated heterocycles. The van der Waals surface area contributed by atoms with Crippen molar-refractivity contribution in [3.05, 3.63) is 57.6 Å². The van der Waals surface area contributed by atoms with Gasteiger partial charge in [0.2, 0.25) is 0 Å². The van der Waals surface area contributed by atoms with Crippen molar-refractivity contribution in [2.45, 2.75) is 6.54 Å². The van der Waals surface area contributed by atoms with E-state index >= 15 is 0 Å². The highest BCUT2D eigenvalue weighted by Gasteiger charge is 2.14. The molecule has 0 aromatic heterocycles. The molecule has 0 radical (unpaired) electrons. The van der Waals surface area contributed by atoms with Gasteiger partial charge in [-0.3, -0.25) is 0 Å². The summed E-state index contributed by atoms with van der Waals surface area (Å²) in [5.41, 5.74) is 0.485. The first kappa shape index (κ1) is 15.0. The third kappa shape index (κ3) is 3.60. The van der Waals surface area contributed by atoms with Gasteiger partial charge in [-0.25, -0.2) is 8.78 Å². The summed E-state index contributed by atoms with van der Waals surface area (Å²) in [5, 5.41) is 3.45. The predicted octanol–water partition coefficient (Wildman–Crippen LogP) is 4.78. The lowest BCUT2D eigenvalue weighted by Crippen LogP contribution is -2.06. The smallest absolute Gasteiger partial charge is 0.198 e. The molecule has 0 spiro atoms. The van der Waals surface area contributed by atoms with Crippen LogP contribution >= 0.6 is 23.2 Å². The molecule has 0 bridgehead atoms. The Labute approximate surface area is 125 Å². The van der Waals surface area contributed by atoms with Crippen LogP contribution < -0.4 is 10.1 Å². The van der Waals surface area contributed by atoms with E-state index in [1.807, 2.05) is 0 Å². The normalized spacial score (nSPS) is 10.7. The first-order chi connectivity index (χ1) is 9.49. The van der Waals surface area contributed by atoms with Crippen LogP contribution in [0.4, 0.5) is 8.78 Å². The highest BCUT2D eigenvalue weighted by Crippen LogP contribution is 2.32. The number of hydrogen-bond donors (Lipinski definition) is 1. The zero-order valence-electron chi connectivity index (χ0n) is 10.5. The topological polar surface area (TPSA) is 21.3 Å². The molecular weight excluding hydrogens is 307 g/mol. The molecule has 2 aromatic rings. The van der Waals surface area contributed by atoms with E-state index in [-0.39, 0.29) is 5.75 Å². The largest absolute Gasteiger partial charge is 0.451 e. The van der Waals surface area contributed by atoms with E-state index in [4.69, 9.17) is 27.9 Å². The van der Waals surface area contributed by atoms with Crippen LogP contribution in [0.3, 0.4) is 0 Å². The van der Waals surface area contributed by atoms with Crippen LogP contribution in [0.1, 0.15) is 5.56 Å². The first-order valence-corrected chi connectivity index (χ1v) is 6.51. The summed E-state index contributed by atoms with van der Waals surface area (Å²) in [7, 11) is 1.69. The first-order valence-electron chi connectivity index (χ1n) is 5.76. The lowest BCUT2D eigenvalue weighted by Gasteiger charge is -2.10. The summed E-state index contributed by atoms with van der Waals surface area (Å²) < 4.78 is 32.9. The average Bonchev–Trinajstić information content (AvgIpc) is 2.33. The molecular formula is C14H11Cl2F2NO. The fourth-order valence-electron chi connectivity index (χ4n) is 1.72.